The number of aromatic nitrogens is 4. The minimum Gasteiger partial charge on any atom is -0.294 e. The van der Waals surface area contributed by atoms with Crippen molar-refractivity contribution in [3.8, 4) is 11.3 Å². The van der Waals surface area contributed by atoms with Gasteiger partial charge in [0.05, 0.1) is 17.6 Å². The molecule has 3 aromatic rings. The van der Waals surface area contributed by atoms with E-state index in [-0.39, 0.29) is 0 Å². The molecule has 5 nitrogen and oxygen atoms in total. The van der Waals surface area contributed by atoms with Gasteiger partial charge in [0, 0.05) is 48.4 Å². The van der Waals surface area contributed by atoms with Gasteiger partial charge in [-0.1, -0.05) is 35.5 Å². The molecule has 7 heteroatoms. The third kappa shape index (κ3) is 3.56. The van der Waals surface area contributed by atoms with Crippen LogP contribution in [0.5, 0.6) is 0 Å². The monoisotopic (exact) mass is 371 g/mol. The molecule has 0 spiro atoms. The lowest BCUT2D eigenvalue weighted by Crippen LogP contribution is -2.31. The molecule has 25 heavy (non-hydrogen) atoms. The molecule has 1 aromatic carbocycles. The Morgan fingerprint density at radius 1 is 1.24 bits per heavy atom. The summed E-state index contributed by atoms with van der Waals surface area (Å²) >= 11 is 7.58. The van der Waals surface area contributed by atoms with Gasteiger partial charge in [0.25, 0.3) is 0 Å². The predicted molar refractivity (Wildman–Crippen MR) is 101 cm³/mol. The molecule has 2 aromatic heterocycles. The highest BCUT2D eigenvalue weighted by Crippen LogP contribution is 2.26. The summed E-state index contributed by atoms with van der Waals surface area (Å²) in [5.74, 6) is 0. The Morgan fingerprint density at radius 3 is 2.88 bits per heavy atom. The predicted octanol–water partition coefficient (Wildman–Crippen LogP) is 3.80. The second kappa shape index (κ2) is 7.15. The molecule has 0 aliphatic carbocycles. The first-order valence-electron chi connectivity index (χ1n) is 8.12. The van der Waals surface area contributed by atoms with E-state index in [1.165, 1.54) is 16.8 Å². The summed E-state index contributed by atoms with van der Waals surface area (Å²) in [6.07, 6.45) is 6.84. The lowest BCUT2D eigenvalue weighted by atomic mass is 10.0. The van der Waals surface area contributed by atoms with Crippen molar-refractivity contribution in [2.45, 2.75) is 24.7 Å². The average Bonchev–Trinajstić information content (AvgIpc) is 3.10. The van der Waals surface area contributed by atoms with Gasteiger partial charge in [-0.3, -0.25) is 10.00 Å². The van der Waals surface area contributed by atoms with Gasteiger partial charge in [0.15, 0.2) is 5.16 Å². The molecule has 0 saturated carbocycles. The molecule has 1 aliphatic rings. The van der Waals surface area contributed by atoms with Crippen molar-refractivity contribution in [3.05, 3.63) is 58.5 Å². The zero-order valence-corrected chi connectivity index (χ0v) is 15.4. The fourth-order valence-corrected chi connectivity index (χ4v) is 3.61. The van der Waals surface area contributed by atoms with Crippen LogP contribution in [0.4, 0.5) is 0 Å². The quantitative estimate of drug-likeness (QED) is 0.558. The second-order valence-electron chi connectivity index (χ2n) is 6.07. The normalized spacial score (nSPS) is 14.5. The number of thioether (sulfide) groups is 1. The molecule has 0 fully saturated rings. The van der Waals surface area contributed by atoms with E-state index in [0.717, 1.165) is 47.5 Å². The molecule has 0 amide bonds. The van der Waals surface area contributed by atoms with Gasteiger partial charge < -0.3 is 0 Å². The van der Waals surface area contributed by atoms with Crippen molar-refractivity contribution in [2.24, 2.45) is 0 Å². The van der Waals surface area contributed by atoms with Gasteiger partial charge >= 0.3 is 0 Å². The standard InChI is InChI=1S/C18H18ClN5S/c1-25-18-20-8-13-10-24(7-6-16(13)22-18)11-14-9-21-23-17(14)12-2-4-15(19)5-3-12/h2-5,8-9H,6-7,10-11H2,1H3,(H,21,23). The summed E-state index contributed by atoms with van der Waals surface area (Å²) in [4.78, 5) is 11.5. The Balaban J connectivity index is 1.52. The van der Waals surface area contributed by atoms with Gasteiger partial charge in [-0.2, -0.15) is 5.10 Å². The number of halogens is 1. The van der Waals surface area contributed by atoms with Crippen LogP contribution >= 0.6 is 23.4 Å². The van der Waals surface area contributed by atoms with E-state index in [1.54, 1.807) is 11.8 Å². The molecule has 0 bridgehead atoms. The van der Waals surface area contributed by atoms with Crippen LogP contribution in [0.25, 0.3) is 11.3 Å². The third-order valence-corrected chi connectivity index (χ3v) is 5.23. The van der Waals surface area contributed by atoms with Crippen LogP contribution in [-0.4, -0.2) is 37.9 Å². The number of H-pyrrole nitrogens is 1. The summed E-state index contributed by atoms with van der Waals surface area (Å²) < 4.78 is 0. The van der Waals surface area contributed by atoms with E-state index in [0.29, 0.717) is 0 Å². The SMILES string of the molecule is CSc1ncc2c(n1)CCN(Cc1cn[nH]c1-c1ccc(Cl)cc1)C2. The fraction of sp³-hybridized carbons (Fsp3) is 0.278. The maximum Gasteiger partial charge on any atom is 0.187 e. The summed E-state index contributed by atoms with van der Waals surface area (Å²) in [6, 6.07) is 7.84. The van der Waals surface area contributed by atoms with Gasteiger partial charge in [-0.05, 0) is 24.0 Å². The maximum absolute atomic E-state index is 5.99. The summed E-state index contributed by atoms with van der Waals surface area (Å²) in [5, 5.41) is 8.95. The lowest BCUT2D eigenvalue weighted by Gasteiger charge is -2.27. The van der Waals surface area contributed by atoms with E-state index < -0.39 is 0 Å². The summed E-state index contributed by atoms with van der Waals surface area (Å²) in [6.45, 7) is 2.70. The minimum atomic E-state index is 0.738. The van der Waals surface area contributed by atoms with Crippen LogP contribution in [0, 0.1) is 0 Å². The Hall–Kier alpha value is -1.89. The molecule has 3 heterocycles. The Labute approximate surface area is 155 Å². The van der Waals surface area contributed by atoms with E-state index in [9.17, 15) is 0 Å². The molecular weight excluding hydrogens is 354 g/mol. The number of hydrogen-bond acceptors (Lipinski definition) is 5. The Kier molecular flexibility index (Phi) is 4.74. The van der Waals surface area contributed by atoms with Crippen LogP contribution in [0.3, 0.4) is 0 Å². The van der Waals surface area contributed by atoms with Crippen molar-refractivity contribution in [2.75, 3.05) is 12.8 Å². The van der Waals surface area contributed by atoms with Crippen LogP contribution < -0.4 is 0 Å². The number of benzene rings is 1. The molecule has 1 N–H and O–H groups in total. The number of fused-ring (bicyclic) bond motifs is 1. The molecule has 4 rings (SSSR count). The molecule has 0 saturated heterocycles. The molecule has 128 valence electrons. The number of aromatic amines is 1. The van der Waals surface area contributed by atoms with Crippen LogP contribution in [-0.2, 0) is 19.5 Å². The van der Waals surface area contributed by atoms with Gasteiger partial charge in [0.1, 0.15) is 0 Å². The van der Waals surface area contributed by atoms with Crippen LogP contribution in [0.2, 0.25) is 5.02 Å². The Bertz CT molecular complexity index is 877. The second-order valence-corrected chi connectivity index (χ2v) is 7.28. The van der Waals surface area contributed by atoms with E-state index in [2.05, 4.69) is 25.1 Å². The van der Waals surface area contributed by atoms with E-state index in [1.807, 2.05) is 42.9 Å². The van der Waals surface area contributed by atoms with Crippen molar-refractivity contribution < 1.29 is 0 Å². The first-order valence-corrected chi connectivity index (χ1v) is 9.72. The van der Waals surface area contributed by atoms with Crippen molar-refractivity contribution in [1.82, 2.24) is 25.1 Å². The third-order valence-electron chi connectivity index (χ3n) is 4.42. The van der Waals surface area contributed by atoms with E-state index >= 15 is 0 Å². The fourth-order valence-electron chi connectivity index (χ4n) is 3.13. The molecule has 0 atom stereocenters. The van der Waals surface area contributed by atoms with Crippen LogP contribution in [0.1, 0.15) is 16.8 Å². The molecule has 0 radical (unpaired) electrons. The number of hydrogen-bond donors (Lipinski definition) is 1. The first kappa shape index (κ1) is 16.6. The zero-order chi connectivity index (χ0) is 17.2. The lowest BCUT2D eigenvalue weighted by molar-refractivity contribution is 0.242. The van der Waals surface area contributed by atoms with Gasteiger partial charge in [-0.25, -0.2) is 9.97 Å². The number of rotatable bonds is 4. The smallest absolute Gasteiger partial charge is 0.187 e. The van der Waals surface area contributed by atoms with Crippen molar-refractivity contribution in [3.63, 3.8) is 0 Å². The molecule has 1 aliphatic heterocycles. The topological polar surface area (TPSA) is 57.7 Å². The summed E-state index contributed by atoms with van der Waals surface area (Å²) in [7, 11) is 0. The maximum atomic E-state index is 5.99. The van der Waals surface area contributed by atoms with Gasteiger partial charge in [0.2, 0.25) is 0 Å². The van der Waals surface area contributed by atoms with Gasteiger partial charge in [-0.15, -0.1) is 0 Å². The zero-order valence-electron chi connectivity index (χ0n) is 13.9. The molecular formula is C18H18ClN5S. The number of nitrogens with zero attached hydrogens (tertiary/aromatic N) is 4. The van der Waals surface area contributed by atoms with Crippen molar-refractivity contribution in [1.29, 1.82) is 0 Å². The molecule has 0 unspecified atom stereocenters. The first-order chi connectivity index (χ1) is 12.2. The van der Waals surface area contributed by atoms with Crippen LogP contribution in [0.15, 0.2) is 41.8 Å². The highest BCUT2D eigenvalue weighted by Gasteiger charge is 2.20. The Morgan fingerprint density at radius 2 is 2.08 bits per heavy atom. The number of nitrogens with one attached hydrogen (secondary N) is 1. The minimum absolute atomic E-state index is 0.738. The largest absolute Gasteiger partial charge is 0.294 e. The van der Waals surface area contributed by atoms with E-state index in [4.69, 9.17) is 11.6 Å². The highest BCUT2D eigenvalue weighted by atomic mass is 35.5. The highest BCUT2D eigenvalue weighted by molar-refractivity contribution is 7.98. The van der Waals surface area contributed by atoms with Crippen molar-refractivity contribution >= 4 is 23.4 Å². The summed E-state index contributed by atoms with van der Waals surface area (Å²) in [5.41, 5.74) is 5.74. The average molecular weight is 372 g/mol.